The van der Waals surface area contributed by atoms with E-state index in [9.17, 15) is 23.2 Å². The molecule has 3 aromatic rings. The summed E-state index contributed by atoms with van der Waals surface area (Å²) in [5, 5.41) is 12.5. The number of amides is 3. The summed E-state index contributed by atoms with van der Waals surface area (Å²) in [6, 6.07) is 17.1. The summed E-state index contributed by atoms with van der Waals surface area (Å²) in [7, 11) is 4.47. The second-order valence-electron chi connectivity index (χ2n) is 14.4. The number of aliphatic carboxylic acids is 1. The van der Waals surface area contributed by atoms with Gasteiger partial charge in [-0.3, -0.25) is 14.5 Å². The number of likely N-dealkylation sites (tertiary alicyclic amines) is 2. The molecular formula is C40H49F2N5O7. The highest BCUT2D eigenvalue weighted by Crippen LogP contribution is 2.42. The van der Waals surface area contributed by atoms with E-state index >= 15 is 0 Å². The van der Waals surface area contributed by atoms with Crippen molar-refractivity contribution in [3.63, 3.8) is 0 Å². The summed E-state index contributed by atoms with van der Waals surface area (Å²) >= 11 is 0. The van der Waals surface area contributed by atoms with Crippen LogP contribution in [0, 0.1) is 11.6 Å². The molecule has 3 aliphatic heterocycles. The Labute approximate surface area is 314 Å². The topological polar surface area (TPSA) is 124 Å². The number of carboxylic acids is 1. The summed E-state index contributed by atoms with van der Waals surface area (Å²) in [4.78, 5) is 46.5. The average Bonchev–Trinajstić information content (AvgIpc) is 3.63. The number of nitrogens with one attached hydrogen (secondary N) is 1. The fraction of sp³-hybridized carbons (Fsp3) is 0.475. The summed E-state index contributed by atoms with van der Waals surface area (Å²) < 4.78 is 45.3. The Morgan fingerprint density at radius 3 is 2.00 bits per heavy atom. The van der Waals surface area contributed by atoms with E-state index in [1.54, 1.807) is 28.0 Å². The second kappa shape index (κ2) is 16.6. The minimum Gasteiger partial charge on any atom is -0.493 e. The van der Waals surface area contributed by atoms with Gasteiger partial charge in [-0.2, -0.15) is 0 Å². The lowest BCUT2D eigenvalue weighted by Gasteiger charge is -2.45. The Kier molecular flexibility index (Phi) is 11.9. The van der Waals surface area contributed by atoms with Crippen LogP contribution in [0.1, 0.15) is 47.2 Å². The quantitative estimate of drug-likeness (QED) is 0.274. The molecule has 0 bridgehead atoms. The molecule has 0 saturated carbocycles. The molecule has 290 valence electrons. The van der Waals surface area contributed by atoms with Crippen LogP contribution in [-0.4, -0.2) is 129 Å². The molecule has 0 spiro atoms. The molecule has 14 heteroatoms. The molecule has 3 aromatic carbocycles. The molecule has 0 aliphatic carbocycles. The molecule has 6 rings (SSSR count). The first-order valence-corrected chi connectivity index (χ1v) is 18.3. The number of methoxy groups -OCH3 is 3. The van der Waals surface area contributed by atoms with Crippen molar-refractivity contribution in [2.24, 2.45) is 0 Å². The SMILES string of the molecule is COc1cc(C(=O)N2CCC(CCN3CCC(NC(=O)N4CCN(CC(=O)O)CC4)(c4ccccc4)CC3)(c3ccc(F)c(F)c3)C2)cc(OC)c1OC. The van der Waals surface area contributed by atoms with Gasteiger partial charge in [0.05, 0.1) is 33.4 Å². The molecule has 1 atom stereocenters. The third-order valence-electron chi connectivity index (χ3n) is 11.4. The van der Waals surface area contributed by atoms with Crippen molar-refractivity contribution >= 4 is 17.9 Å². The standard InChI is InChI=1S/C40H49F2N5O7/c1-52-33-23-28(24-34(53-2)36(33)54-3)37(50)47-18-12-39(27-47,30-9-10-31(41)32(42)25-30)11-15-44-16-13-40(14-17-44,29-7-5-4-6-8-29)43-38(51)46-21-19-45(20-22-46)26-35(48)49/h4-10,23-25H,11-22,26-27H2,1-3H3,(H,43,51)(H,48,49). The predicted molar refractivity (Wildman–Crippen MR) is 197 cm³/mol. The van der Waals surface area contributed by atoms with Crippen LogP contribution >= 0.6 is 0 Å². The van der Waals surface area contributed by atoms with Crippen molar-refractivity contribution in [2.45, 2.75) is 36.6 Å². The van der Waals surface area contributed by atoms with Crippen LogP contribution in [0.4, 0.5) is 13.6 Å². The third kappa shape index (κ3) is 8.24. The zero-order valence-electron chi connectivity index (χ0n) is 31.1. The average molecular weight is 750 g/mol. The monoisotopic (exact) mass is 749 g/mol. The van der Waals surface area contributed by atoms with E-state index in [0.717, 1.165) is 11.6 Å². The van der Waals surface area contributed by atoms with Crippen molar-refractivity contribution in [3.05, 3.63) is 89.0 Å². The smallest absolute Gasteiger partial charge is 0.318 e. The Morgan fingerprint density at radius 2 is 1.41 bits per heavy atom. The number of hydrogen-bond donors (Lipinski definition) is 2. The highest BCUT2D eigenvalue weighted by molar-refractivity contribution is 5.96. The van der Waals surface area contributed by atoms with Crippen LogP contribution < -0.4 is 19.5 Å². The molecule has 12 nitrogen and oxygen atoms in total. The van der Waals surface area contributed by atoms with Gasteiger partial charge >= 0.3 is 12.0 Å². The van der Waals surface area contributed by atoms with E-state index in [2.05, 4.69) is 10.2 Å². The van der Waals surface area contributed by atoms with Crippen LogP contribution in [0.25, 0.3) is 0 Å². The van der Waals surface area contributed by atoms with E-state index in [4.69, 9.17) is 19.3 Å². The van der Waals surface area contributed by atoms with Crippen molar-refractivity contribution in [1.82, 2.24) is 24.9 Å². The first kappa shape index (κ1) is 38.8. The van der Waals surface area contributed by atoms with E-state index in [1.165, 1.54) is 27.4 Å². The number of urea groups is 1. The predicted octanol–water partition coefficient (Wildman–Crippen LogP) is 4.57. The van der Waals surface area contributed by atoms with Crippen LogP contribution in [0.5, 0.6) is 17.2 Å². The first-order valence-electron chi connectivity index (χ1n) is 18.3. The fourth-order valence-corrected chi connectivity index (χ4v) is 8.20. The number of piperazine rings is 1. The lowest BCUT2D eigenvalue weighted by molar-refractivity contribution is -0.138. The minimum absolute atomic E-state index is 0.0436. The van der Waals surface area contributed by atoms with Gasteiger partial charge < -0.3 is 39.3 Å². The van der Waals surface area contributed by atoms with Gasteiger partial charge in [-0.25, -0.2) is 13.6 Å². The fourth-order valence-electron chi connectivity index (χ4n) is 8.20. The summed E-state index contributed by atoms with van der Waals surface area (Å²) in [6.45, 7) is 4.59. The molecular weight excluding hydrogens is 700 g/mol. The highest BCUT2D eigenvalue weighted by atomic mass is 19.2. The molecule has 2 N–H and O–H groups in total. The molecule has 3 amide bonds. The molecule has 54 heavy (non-hydrogen) atoms. The van der Waals surface area contributed by atoms with Crippen LogP contribution in [0.2, 0.25) is 0 Å². The second-order valence-corrected chi connectivity index (χ2v) is 14.4. The summed E-state index contributed by atoms with van der Waals surface area (Å²) in [5.74, 6) is -1.87. The molecule has 0 aromatic heterocycles. The Morgan fingerprint density at radius 1 is 0.741 bits per heavy atom. The molecule has 3 heterocycles. The number of halogens is 2. The number of carboxylic acid groups (broad SMARTS) is 1. The van der Waals surface area contributed by atoms with E-state index in [-0.39, 0.29) is 18.5 Å². The molecule has 3 saturated heterocycles. The maximum Gasteiger partial charge on any atom is 0.318 e. The molecule has 3 fully saturated rings. The van der Waals surface area contributed by atoms with Gasteiger partial charge in [-0.15, -0.1) is 0 Å². The number of benzene rings is 3. The van der Waals surface area contributed by atoms with Crippen molar-refractivity contribution in [1.29, 1.82) is 0 Å². The molecule has 1 unspecified atom stereocenters. The van der Waals surface area contributed by atoms with Gasteiger partial charge in [0.1, 0.15) is 0 Å². The Balaban J connectivity index is 1.16. The largest absolute Gasteiger partial charge is 0.493 e. The van der Waals surface area contributed by atoms with E-state index in [0.29, 0.717) is 113 Å². The number of hydrogen-bond acceptors (Lipinski definition) is 8. The third-order valence-corrected chi connectivity index (χ3v) is 11.4. The number of carbonyl (C=O) groups is 3. The number of carbonyl (C=O) groups excluding carboxylic acids is 2. The van der Waals surface area contributed by atoms with Gasteiger partial charge in [0.2, 0.25) is 5.75 Å². The molecule has 3 aliphatic rings. The summed E-state index contributed by atoms with van der Waals surface area (Å²) in [5.41, 5.74) is 0.811. The Bertz CT molecular complexity index is 1790. The number of ether oxygens (including phenoxy) is 3. The lowest BCUT2D eigenvalue weighted by atomic mass is 9.76. The van der Waals surface area contributed by atoms with Gasteiger partial charge in [0.15, 0.2) is 23.1 Å². The van der Waals surface area contributed by atoms with Gasteiger partial charge in [-0.05, 0) is 67.6 Å². The maximum absolute atomic E-state index is 14.7. The minimum atomic E-state index is -0.925. The van der Waals surface area contributed by atoms with E-state index in [1.807, 2.05) is 35.2 Å². The van der Waals surface area contributed by atoms with E-state index < -0.39 is 28.6 Å². The first-order chi connectivity index (χ1) is 26.0. The maximum atomic E-state index is 14.7. The number of piperidine rings is 1. The van der Waals surface area contributed by atoms with Crippen LogP contribution in [0.15, 0.2) is 60.7 Å². The van der Waals surface area contributed by atoms with Gasteiger partial charge in [0.25, 0.3) is 5.91 Å². The van der Waals surface area contributed by atoms with Crippen molar-refractivity contribution < 1.29 is 42.5 Å². The van der Waals surface area contributed by atoms with Gasteiger partial charge in [0, 0.05) is 63.3 Å². The molecule has 0 radical (unpaired) electrons. The van der Waals surface area contributed by atoms with Crippen LogP contribution in [0.3, 0.4) is 0 Å². The highest BCUT2D eigenvalue weighted by Gasteiger charge is 2.44. The Hall–Kier alpha value is -4.95. The summed E-state index contributed by atoms with van der Waals surface area (Å²) in [6.07, 6.45) is 2.48. The lowest BCUT2D eigenvalue weighted by Crippen LogP contribution is -2.59. The van der Waals surface area contributed by atoms with Crippen molar-refractivity contribution in [3.8, 4) is 17.2 Å². The van der Waals surface area contributed by atoms with Crippen LogP contribution in [-0.2, 0) is 15.7 Å². The normalized spacial score (nSPS) is 20.4. The number of nitrogens with zero attached hydrogens (tertiary/aromatic N) is 4. The zero-order valence-corrected chi connectivity index (χ0v) is 31.1. The zero-order chi connectivity index (χ0) is 38.5. The number of rotatable bonds is 12. The van der Waals surface area contributed by atoms with Gasteiger partial charge in [-0.1, -0.05) is 36.4 Å². The van der Waals surface area contributed by atoms with Crippen molar-refractivity contribution in [2.75, 3.05) is 86.8 Å².